The van der Waals surface area contributed by atoms with E-state index in [1.807, 2.05) is 60.7 Å². The minimum atomic E-state index is 0.794. The van der Waals surface area contributed by atoms with Crippen molar-refractivity contribution in [1.29, 1.82) is 0 Å². The van der Waals surface area contributed by atoms with E-state index < -0.39 is 0 Å². The summed E-state index contributed by atoms with van der Waals surface area (Å²) in [5.74, 6) is 0.794. The maximum absolute atomic E-state index is 4.71. The van der Waals surface area contributed by atoms with Crippen molar-refractivity contribution in [1.82, 2.24) is 15.2 Å². The second-order valence-corrected chi connectivity index (χ2v) is 7.28. The van der Waals surface area contributed by atoms with Crippen molar-refractivity contribution in [2.24, 2.45) is 0 Å². The van der Waals surface area contributed by atoms with Gasteiger partial charge in [-0.1, -0.05) is 72.4 Å². The van der Waals surface area contributed by atoms with E-state index in [1.54, 1.807) is 23.1 Å². The van der Waals surface area contributed by atoms with E-state index in [0.717, 1.165) is 38.3 Å². The van der Waals surface area contributed by atoms with Gasteiger partial charge in [0.1, 0.15) is 10.0 Å². The van der Waals surface area contributed by atoms with Crippen LogP contribution in [0.1, 0.15) is 5.69 Å². The van der Waals surface area contributed by atoms with Crippen LogP contribution in [0.3, 0.4) is 0 Å². The van der Waals surface area contributed by atoms with Gasteiger partial charge < -0.3 is 0 Å². The summed E-state index contributed by atoms with van der Waals surface area (Å²) in [6.45, 7) is 0. The lowest BCUT2D eigenvalue weighted by Gasteiger charge is -2.01. The fourth-order valence-electron chi connectivity index (χ4n) is 2.39. The molecule has 122 valence electrons. The zero-order valence-corrected chi connectivity index (χ0v) is 15.0. The molecule has 0 unspecified atom stereocenters. The molecule has 2 heterocycles. The molecule has 0 amide bonds. The van der Waals surface area contributed by atoms with Gasteiger partial charge in [-0.15, -0.1) is 21.5 Å². The number of aromatic nitrogens is 3. The minimum Gasteiger partial charge on any atom is -0.240 e. The quantitative estimate of drug-likeness (QED) is 0.436. The highest BCUT2D eigenvalue weighted by molar-refractivity contribution is 7.98. The van der Waals surface area contributed by atoms with Crippen LogP contribution in [0.4, 0.5) is 0 Å². The number of nitrogens with zero attached hydrogens (tertiary/aromatic N) is 3. The van der Waals surface area contributed by atoms with Crippen LogP contribution in [0.15, 0.2) is 83.2 Å². The number of rotatable bonds is 5. The molecule has 0 spiro atoms. The lowest BCUT2D eigenvalue weighted by molar-refractivity contribution is 0.935. The number of benzene rings is 2. The van der Waals surface area contributed by atoms with Crippen LogP contribution in [0.2, 0.25) is 0 Å². The molecule has 0 saturated heterocycles. The lowest BCUT2D eigenvalue weighted by Crippen LogP contribution is -1.90. The molecule has 5 heteroatoms. The van der Waals surface area contributed by atoms with E-state index >= 15 is 0 Å². The second-order valence-electron chi connectivity index (χ2n) is 5.42. The lowest BCUT2D eigenvalue weighted by atomic mass is 10.1. The SMILES string of the molecule is c1ccc(-c2ccc(SCc3csc(-c4ccccc4)n3)nn2)cc1. The van der Waals surface area contributed by atoms with Crippen LogP contribution in [-0.4, -0.2) is 15.2 Å². The summed E-state index contributed by atoms with van der Waals surface area (Å²) in [5.41, 5.74) is 4.21. The number of thiazole rings is 1. The first-order chi connectivity index (χ1) is 12.4. The van der Waals surface area contributed by atoms with Gasteiger partial charge in [-0.25, -0.2) is 4.98 Å². The van der Waals surface area contributed by atoms with E-state index in [4.69, 9.17) is 4.98 Å². The smallest absolute Gasteiger partial charge is 0.123 e. The van der Waals surface area contributed by atoms with Crippen LogP contribution < -0.4 is 0 Å². The Labute approximate surface area is 154 Å². The molecular formula is C20H15N3S2. The van der Waals surface area contributed by atoms with E-state index in [9.17, 15) is 0 Å². The average molecular weight is 361 g/mol. The standard InChI is InChI=1S/C20H15N3S2/c1-3-7-15(8-4-1)18-11-12-19(23-22-18)24-13-17-14-25-20(21-17)16-9-5-2-6-10-16/h1-12,14H,13H2. The third kappa shape index (κ3) is 3.95. The summed E-state index contributed by atoms with van der Waals surface area (Å²) in [4.78, 5) is 4.71. The van der Waals surface area contributed by atoms with Crippen molar-refractivity contribution in [3.8, 4) is 21.8 Å². The van der Waals surface area contributed by atoms with Crippen molar-refractivity contribution >= 4 is 23.1 Å². The Morgan fingerprint density at radius 1 is 0.760 bits per heavy atom. The van der Waals surface area contributed by atoms with Crippen LogP contribution in [0, 0.1) is 0 Å². The molecule has 4 rings (SSSR count). The Hall–Kier alpha value is -2.50. The number of hydrogen-bond acceptors (Lipinski definition) is 5. The first-order valence-electron chi connectivity index (χ1n) is 7.90. The highest BCUT2D eigenvalue weighted by atomic mass is 32.2. The Morgan fingerprint density at radius 3 is 2.16 bits per heavy atom. The summed E-state index contributed by atoms with van der Waals surface area (Å²) in [7, 11) is 0. The van der Waals surface area contributed by atoms with E-state index in [2.05, 4.69) is 27.7 Å². The molecule has 0 aliphatic heterocycles. The molecule has 0 saturated carbocycles. The topological polar surface area (TPSA) is 38.7 Å². The van der Waals surface area contributed by atoms with Gasteiger partial charge in [-0.2, -0.15) is 0 Å². The second kappa shape index (κ2) is 7.59. The molecule has 4 aromatic rings. The summed E-state index contributed by atoms with van der Waals surface area (Å²) in [6.07, 6.45) is 0. The van der Waals surface area contributed by atoms with Gasteiger partial charge in [0, 0.05) is 22.3 Å². The Bertz CT molecular complexity index is 936. The maximum atomic E-state index is 4.71. The maximum Gasteiger partial charge on any atom is 0.123 e. The highest BCUT2D eigenvalue weighted by Crippen LogP contribution is 2.27. The fraction of sp³-hybridized carbons (Fsp3) is 0.0500. The Morgan fingerprint density at radius 2 is 1.48 bits per heavy atom. The average Bonchev–Trinajstić information content (AvgIpc) is 3.17. The van der Waals surface area contributed by atoms with Gasteiger partial charge in [-0.3, -0.25) is 0 Å². The third-order valence-corrected chi connectivity index (χ3v) is 5.54. The molecule has 25 heavy (non-hydrogen) atoms. The highest BCUT2D eigenvalue weighted by Gasteiger charge is 2.06. The first kappa shape index (κ1) is 16.0. The minimum absolute atomic E-state index is 0.794. The van der Waals surface area contributed by atoms with Gasteiger partial charge in [0.15, 0.2) is 0 Å². The molecule has 0 atom stereocenters. The monoisotopic (exact) mass is 361 g/mol. The van der Waals surface area contributed by atoms with Crippen LogP contribution >= 0.6 is 23.1 Å². The molecule has 0 bridgehead atoms. The number of thioether (sulfide) groups is 1. The van der Waals surface area contributed by atoms with Gasteiger partial charge >= 0.3 is 0 Å². The van der Waals surface area contributed by atoms with E-state index in [-0.39, 0.29) is 0 Å². The fourth-order valence-corrected chi connectivity index (χ4v) is 4.03. The largest absolute Gasteiger partial charge is 0.240 e. The molecule has 0 fully saturated rings. The number of hydrogen-bond donors (Lipinski definition) is 0. The van der Waals surface area contributed by atoms with Gasteiger partial charge in [0.2, 0.25) is 0 Å². The molecule has 0 aliphatic rings. The van der Waals surface area contributed by atoms with E-state index in [1.165, 1.54) is 0 Å². The summed E-state index contributed by atoms with van der Waals surface area (Å²) in [5, 5.41) is 12.7. The molecular weight excluding hydrogens is 346 g/mol. The van der Waals surface area contributed by atoms with Crippen molar-refractivity contribution in [3.63, 3.8) is 0 Å². The first-order valence-corrected chi connectivity index (χ1v) is 9.77. The van der Waals surface area contributed by atoms with Crippen LogP contribution in [0.25, 0.3) is 21.8 Å². The van der Waals surface area contributed by atoms with Crippen molar-refractivity contribution in [2.75, 3.05) is 0 Å². The Balaban J connectivity index is 1.41. The predicted octanol–water partition coefficient (Wildman–Crippen LogP) is 5.56. The summed E-state index contributed by atoms with van der Waals surface area (Å²) in [6, 6.07) is 24.4. The summed E-state index contributed by atoms with van der Waals surface area (Å²) < 4.78 is 0. The van der Waals surface area contributed by atoms with Crippen molar-refractivity contribution < 1.29 is 0 Å². The molecule has 3 nitrogen and oxygen atoms in total. The van der Waals surface area contributed by atoms with Gasteiger partial charge in [0.05, 0.1) is 11.4 Å². The molecule has 0 N–H and O–H groups in total. The molecule has 2 aromatic carbocycles. The molecule has 0 radical (unpaired) electrons. The van der Waals surface area contributed by atoms with Gasteiger partial charge in [-0.05, 0) is 12.1 Å². The van der Waals surface area contributed by atoms with Crippen LogP contribution in [0.5, 0.6) is 0 Å². The van der Waals surface area contributed by atoms with Crippen LogP contribution in [-0.2, 0) is 5.75 Å². The normalized spacial score (nSPS) is 10.7. The zero-order valence-electron chi connectivity index (χ0n) is 13.4. The molecule has 0 aliphatic carbocycles. The Kier molecular flexibility index (Phi) is 4.86. The zero-order chi connectivity index (χ0) is 16.9. The van der Waals surface area contributed by atoms with Crippen molar-refractivity contribution in [2.45, 2.75) is 10.8 Å². The third-order valence-electron chi connectivity index (χ3n) is 3.65. The predicted molar refractivity (Wildman–Crippen MR) is 105 cm³/mol. The van der Waals surface area contributed by atoms with Crippen molar-refractivity contribution in [3.05, 3.63) is 83.9 Å². The summed E-state index contributed by atoms with van der Waals surface area (Å²) >= 11 is 3.33. The van der Waals surface area contributed by atoms with Gasteiger partial charge in [0.25, 0.3) is 0 Å². The van der Waals surface area contributed by atoms with E-state index in [0.29, 0.717) is 0 Å². The molecule has 2 aromatic heterocycles.